The lowest BCUT2D eigenvalue weighted by Crippen LogP contribution is -2.49. The predicted octanol–water partition coefficient (Wildman–Crippen LogP) is 1.23. The minimum Gasteiger partial charge on any atom is -0.314 e. The number of nitrogens with zero attached hydrogens (tertiary/aromatic N) is 2. The number of hydrogen-bond donors (Lipinski definition) is 1. The largest absolute Gasteiger partial charge is 0.314 e. The number of rotatable bonds is 2. The van der Waals surface area contributed by atoms with Crippen LogP contribution < -0.4 is 10.2 Å². The van der Waals surface area contributed by atoms with E-state index >= 15 is 0 Å². The van der Waals surface area contributed by atoms with E-state index in [2.05, 4.69) is 11.4 Å². The molecule has 1 saturated heterocycles. The minimum absolute atomic E-state index is 0.0758. The van der Waals surface area contributed by atoms with Crippen molar-refractivity contribution in [2.75, 3.05) is 30.0 Å². The maximum Gasteiger partial charge on any atom is 0.244 e. The van der Waals surface area contributed by atoms with E-state index in [1.165, 1.54) is 0 Å². The molecule has 0 spiro atoms. The van der Waals surface area contributed by atoms with Crippen molar-refractivity contribution in [2.45, 2.75) is 6.04 Å². The van der Waals surface area contributed by atoms with Crippen molar-refractivity contribution in [3.8, 4) is 6.07 Å². The highest BCUT2D eigenvalue weighted by Gasteiger charge is 2.24. The Labute approximate surface area is 111 Å². The predicted molar refractivity (Wildman–Crippen MR) is 73.7 cm³/mol. The molecule has 0 radical (unpaired) electrons. The Kier molecular flexibility index (Phi) is 4.24. The second-order valence-corrected chi connectivity index (χ2v) is 5.29. The van der Waals surface area contributed by atoms with Crippen molar-refractivity contribution in [2.24, 2.45) is 0 Å². The van der Waals surface area contributed by atoms with Crippen molar-refractivity contribution < 1.29 is 4.79 Å². The van der Waals surface area contributed by atoms with Crippen LogP contribution in [-0.4, -0.2) is 37.0 Å². The molecule has 1 N–H and O–H groups in total. The molecule has 94 valence electrons. The van der Waals surface area contributed by atoms with Gasteiger partial charge in [-0.1, -0.05) is 0 Å². The van der Waals surface area contributed by atoms with Gasteiger partial charge < -0.3 is 10.2 Å². The number of carbonyl (C=O) groups excluding carboxylic acids is 1. The highest BCUT2D eigenvalue weighted by Crippen LogP contribution is 2.16. The summed E-state index contributed by atoms with van der Waals surface area (Å²) in [4.78, 5) is 13.9. The standard InChI is InChI=1S/C13H15N3OS/c1-16(11-4-2-10(8-14)3-5-11)13(17)12-9-18-7-6-15-12/h2-5,12,15H,6-7,9H2,1H3. The normalized spacial score (nSPS) is 19.0. The molecule has 1 aliphatic heterocycles. The van der Waals surface area contributed by atoms with Crippen LogP contribution in [-0.2, 0) is 4.79 Å². The Hall–Kier alpha value is -1.51. The number of benzene rings is 1. The molecule has 0 saturated carbocycles. The Morgan fingerprint density at radius 2 is 2.22 bits per heavy atom. The third kappa shape index (κ3) is 2.84. The summed E-state index contributed by atoms with van der Waals surface area (Å²) < 4.78 is 0. The van der Waals surface area contributed by atoms with Crippen LogP contribution in [0.5, 0.6) is 0 Å². The summed E-state index contributed by atoms with van der Waals surface area (Å²) in [6, 6.07) is 9.00. The van der Waals surface area contributed by atoms with Gasteiger partial charge in [-0.05, 0) is 24.3 Å². The molecule has 18 heavy (non-hydrogen) atoms. The van der Waals surface area contributed by atoms with Gasteiger partial charge in [-0.2, -0.15) is 17.0 Å². The average Bonchev–Trinajstić information content (AvgIpc) is 2.47. The Bertz CT molecular complexity index is 460. The zero-order valence-corrected chi connectivity index (χ0v) is 11.0. The fourth-order valence-electron chi connectivity index (χ4n) is 1.84. The van der Waals surface area contributed by atoms with E-state index in [1.807, 2.05) is 0 Å². The minimum atomic E-state index is -0.107. The number of likely N-dealkylation sites (N-methyl/N-ethyl adjacent to an activating group) is 1. The Balaban J connectivity index is 2.07. The zero-order valence-electron chi connectivity index (χ0n) is 10.2. The van der Waals surface area contributed by atoms with Gasteiger partial charge in [0.15, 0.2) is 0 Å². The number of hydrogen-bond acceptors (Lipinski definition) is 4. The summed E-state index contributed by atoms with van der Waals surface area (Å²) in [5, 5.41) is 12.0. The lowest BCUT2D eigenvalue weighted by atomic mass is 10.2. The number of carbonyl (C=O) groups is 1. The van der Waals surface area contributed by atoms with E-state index in [0.29, 0.717) is 5.56 Å². The first-order valence-corrected chi connectivity index (χ1v) is 6.96. The lowest BCUT2D eigenvalue weighted by molar-refractivity contribution is -0.119. The van der Waals surface area contributed by atoms with Crippen LogP contribution >= 0.6 is 11.8 Å². The molecule has 1 aromatic carbocycles. The monoisotopic (exact) mass is 261 g/mol. The van der Waals surface area contributed by atoms with Gasteiger partial charge in [0.1, 0.15) is 0 Å². The van der Waals surface area contributed by atoms with Crippen molar-refractivity contribution in [1.82, 2.24) is 5.32 Å². The molecule has 1 unspecified atom stereocenters. The van der Waals surface area contributed by atoms with Gasteiger partial charge in [0.05, 0.1) is 17.7 Å². The smallest absolute Gasteiger partial charge is 0.244 e. The van der Waals surface area contributed by atoms with Gasteiger partial charge in [0.25, 0.3) is 0 Å². The highest BCUT2D eigenvalue weighted by molar-refractivity contribution is 7.99. The van der Waals surface area contributed by atoms with E-state index in [4.69, 9.17) is 5.26 Å². The van der Waals surface area contributed by atoms with Crippen molar-refractivity contribution >= 4 is 23.4 Å². The van der Waals surface area contributed by atoms with Crippen LogP contribution in [0, 0.1) is 11.3 Å². The third-order valence-corrected chi connectivity index (χ3v) is 4.00. The van der Waals surface area contributed by atoms with Gasteiger partial charge in [-0.15, -0.1) is 0 Å². The molecule has 1 aromatic rings. The topological polar surface area (TPSA) is 56.1 Å². The van der Waals surface area contributed by atoms with E-state index in [1.54, 1.807) is 48.0 Å². The highest BCUT2D eigenvalue weighted by atomic mass is 32.2. The molecule has 0 aliphatic carbocycles. The molecule has 4 nitrogen and oxygen atoms in total. The van der Waals surface area contributed by atoms with Gasteiger partial charge in [0, 0.05) is 30.8 Å². The van der Waals surface area contributed by atoms with Gasteiger partial charge in [-0.3, -0.25) is 4.79 Å². The first kappa shape index (κ1) is 12.9. The lowest BCUT2D eigenvalue weighted by Gasteiger charge is -2.27. The van der Waals surface area contributed by atoms with Crippen LogP contribution in [0.3, 0.4) is 0 Å². The van der Waals surface area contributed by atoms with Crippen molar-refractivity contribution in [1.29, 1.82) is 5.26 Å². The Morgan fingerprint density at radius 1 is 1.50 bits per heavy atom. The number of nitriles is 1. The maximum atomic E-state index is 12.2. The molecular weight excluding hydrogens is 246 g/mol. The number of thioether (sulfide) groups is 1. The molecule has 0 bridgehead atoms. The van der Waals surface area contributed by atoms with E-state index in [9.17, 15) is 4.79 Å². The van der Waals surface area contributed by atoms with Crippen LogP contribution in [0.25, 0.3) is 0 Å². The number of nitrogens with one attached hydrogen (secondary N) is 1. The van der Waals surface area contributed by atoms with Gasteiger partial charge >= 0.3 is 0 Å². The summed E-state index contributed by atoms with van der Waals surface area (Å²) in [7, 11) is 1.77. The zero-order chi connectivity index (χ0) is 13.0. The summed E-state index contributed by atoms with van der Waals surface area (Å²) in [6.07, 6.45) is 0. The first-order valence-electron chi connectivity index (χ1n) is 5.81. The molecule has 2 rings (SSSR count). The van der Waals surface area contributed by atoms with Crippen LogP contribution in [0.2, 0.25) is 0 Å². The quantitative estimate of drug-likeness (QED) is 0.870. The maximum absolute atomic E-state index is 12.2. The van der Waals surface area contributed by atoms with E-state index in [-0.39, 0.29) is 11.9 Å². The third-order valence-electron chi connectivity index (χ3n) is 2.93. The molecule has 5 heteroatoms. The van der Waals surface area contributed by atoms with Crippen LogP contribution in [0.15, 0.2) is 24.3 Å². The SMILES string of the molecule is CN(C(=O)C1CSCCN1)c1ccc(C#N)cc1. The molecule has 1 heterocycles. The molecule has 1 amide bonds. The number of anilines is 1. The second-order valence-electron chi connectivity index (χ2n) is 4.14. The summed E-state index contributed by atoms with van der Waals surface area (Å²) in [5.41, 5.74) is 1.42. The van der Waals surface area contributed by atoms with Crippen LogP contribution in [0.4, 0.5) is 5.69 Å². The van der Waals surface area contributed by atoms with Crippen LogP contribution in [0.1, 0.15) is 5.56 Å². The van der Waals surface area contributed by atoms with Gasteiger partial charge in [0.2, 0.25) is 5.91 Å². The molecular formula is C13H15N3OS. The molecule has 1 atom stereocenters. The fourth-order valence-corrected chi connectivity index (χ4v) is 2.77. The molecule has 1 fully saturated rings. The van der Waals surface area contributed by atoms with E-state index in [0.717, 1.165) is 23.7 Å². The summed E-state index contributed by atoms with van der Waals surface area (Å²) in [6.45, 7) is 0.877. The molecule has 1 aliphatic rings. The number of amides is 1. The van der Waals surface area contributed by atoms with Gasteiger partial charge in [-0.25, -0.2) is 0 Å². The van der Waals surface area contributed by atoms with Crippen molar-refractivity contribution in [3.63, 3.8) is 0 Å². The van der Waals surface area contributed by atoms with E-state index < -0.39 is 0 Å². The first-order chi connectivity index (χ1) is 8.72. The Morgan fingerprint density at radius 3 is 2.78 bits per heavy atom. The van der Waals surface area contributed by atoms with Crippen molar-refractivity contribution in [3.05, 3.63) is 29.8 Å². The fraction of sp³-hybridized carbons (Fsp3) is 0.385. The average molecular weight is 261 g/mol. The molecule has 0 aromatic heterocycles. The second kappa shape index (κ2) is 5.89. The summed E-state index contributed by atoms with van der Waals surface area (Å²) >= 11 is 1.80. The summed E-state index contributed by atoms with van der Waals surface area (Å²) in [5.74, 6) is 1.95.